The van der Waals surface area contributed by atoms with Crippen LogP contribution in [0.25, 0.3) is 0 Å². The van der Waals surface area contributed by atoms with Crippen molar-refractivity contribution in [1.82, 2.24) is 15.2 Å². The monoisotopic (exact) mass is 409 g/mol. The molecule has 30 heavy (non-hydrogen) atoms. The zero-order valence-electron chi connectivity index (χ0n) is 17.0. The average Bonchev–Trinajstić information content (AvgIpc) is 3.33. The summed E-state index contributed by atoms with van der Waals surface area (Å²) in [6.07, 6.45) is 4.81. The fourth-order valence-corrected chi connectivity index (χ4v) is 3.85. The zero-order chi connectivity index (χ0) is 20.8. The first-order chi connectivity index (χ1) is 14.7. The molecule has 0 saturated carbocycles. The highest BCUT2D eigenvalue weighted by molar-refractivity contribution is 5.94. The van der Waals surface area contributed by atoms with Crippen molar-refractivity contribution in [3.8, 4) is 5.75 Å². The molecule has 1 N–H and O–H groups in total. The Labute approximate surface area is 176 Å². The molecule has 0 spiro atoms. The van der Waals surface area contributed by atoms with Crippen molar-refractivity contribution in [1.29, 1.82) is 0 Å². The van der Waals surface area contributed by atoms with Gasteiger partial charge in [0.1, 0.15) is 18.0 Å². The summed E-state index contributed by atoms with van der Waals surface area (Å²) in [6.45, 7) is 2.41. The molecule has 1 aromatic heterocycles. The Bertz CT molecular complexity index is 860. The number of piperidine rings is 1. The summed E-state index contributed by atoms with van der Waals surface area (Å²) in [5.74, 6) is 0.616. The van der Waals surface area contributed by atoms with E-state index >= 15 is 0 Å². The van der Waals surface area contributed by atoms with Crippen molar-refractivity contribution >= 4 is 11.8 Å². The van der Waals surface area contributed by atoms with Crippen LogP contribution >= 0.6 is 0 Å². The number of carbonyl (C=O) groups is 2. The number of nitrogens with one attached hydrogen (secondary N) is 1. The molecular formula is C23H27N3O4. The van der Waals surface area contributed by atoms with Gasteiger partial charge in [0.25, 0.3) is 11.8 Å². The third-order valence-electron chi connectivity index (χ3n) is 5.51. The summed E-state index contributed by atoms with van der Waals surface area (Å²) in [5, 5.41) is 2.88. The number of rotatable bonds is 6. The fraction of sp³-hybridized carbons (Fsp3) is 0.435. The first-order valence-electron chi connectivity index (χ1n) is 10.5. The van der Waals surface area contributed by atoms with Crippen molar-refractivity contribution in [3.63, 3.8) is 0 Å². The van der Waals surface area contributed by atoms with E-state index in [1.165, 1.54) is 0 Å². The molecule has 0 aliphatic carbocycles. The number of carbonyl (C=O) groups excluding carboxylic acids is 2. The number of hydrogen-bond acceptors (Lipinski definition) is 5. The largest absolute Gasteiger partial charge is 0.490 e. The van der Waals surface area contributed by atoms with Crippen LogP contribution in [-0.2, 0) is 16.1 Å². The van der Waals surface area contributed by atoms with Gasteiger partial charge in [0.2, 0.25) is 0 Å². The van der Waals surface area contributed by atoms with E-state index in [1.54, 1.807) is 18.3 Å². The lowest BCUT2D eigenvalue weighted by atomic mass is 10.1. The zero-order valence-corrected chi connectivity index (χ0v) is 17.0. The maximum absolute atomic E-state index is 12.5. The summed E-state index contributed by atoms with van der Waals surface area (Å²) in [4.78, 5) is 31.0. The molecule has 7 heteroatoms. The van der Waals surface area contributed by atoms with Gasteiger partial charge in [-0.15, -0.1) is 0 Å². The maximum Gasteiger partial charge on any atom is 0.251 e. The Kier molecular flexibility index (Phi) is 6.59. The van der Waals surface area contributed by atoms with Gasteiger partial charge in [-0.3, -0.25) is 14.6 Å². The number of nitrogens with zero attached hydrogens (tertiary/aromatic N) is 2. The third-order valence-corrected chi connectivity index (χ3v) is 5.51. The number of ether oxygens (including phenoxy) is 2. The molecule has 4 rings (SSSR count). The van der Waals surface area contributed by atoms with E-state index < -0.39 is 0 Å². The number of hydrogen-bond donors (Lipinski definition) is 1. The molecule has 0 bridgehead atoms. The fourth-order valence-electron chi connectivity index (χ4n) is 3.85. The van der Waals surface area contributed by atoms with Gasteiger partial charge in [-0.25, -0.2) is 0 Å². The van der Waals surface area contributed by atoms with Crippen molar-refractivity contribution in [2.45, 2.75) is 44.4 Å². The minimum absolute atomic E-state index is 0.0328. The number of aromatic nitrogens is 1. The minimum atomic E-state index is -0.260. The van der Waals surface area contributed by atoms with Crippen LogP contribution in [0.15, 0.2) is 48.7 Å². The highest BCUT2D eigenvalue weighted by atomic mass is 16.5. The van der Waals surface area contributed by atoms with Crippen LogP contribution in [0, 0.1) is 0 Å². The first-order valence-corrected chi connectivity index (χ1v) is 10.5. The maximum atomic E-state index is 12.5. The van der Waals surface area contributed by atoms with Crippen molar-refractivity contribution in [3.05, 3.63) is 59.9 Å². The standard InChI is InChI=1S/C23H27N3O4/c27-22(25-16-18-6-1-2-11-24-18)17-5-3-7-20(15-17)30-19-9-12-26(13-10-19)23(28)21-8-4-14-29-21/h1-3,5-7,11,15,19,21H,4,8-10,12-14,16H2,(H,25,27)/t21-/m0/s1. The molecule has 0 unspecified atom stereocenters. The van der Waals surface area contributed by atoms with E-state index in [0.717, 1.165) is 31.4 Å². The van der Waals surface area contributed by atoms with Crippen LogP contribution in [0.3, 0.4) is 0 Å². The third kappa shape index (κ3) is 5.16. The Morgan fingerprint density at radius 3 is 2.73 bits per heavy atom. The molecular weight excluding hydrogens is 382 g/mol. The van der Waals surface area contributed by atoms with Gasteiger partial charge in [0.05, 0.1) is 12.2 Å². The van der Waals surface area contributed by atoms with Gasteiger partial charge in [0, 0.05) is 44.3 Å². The van der Waals surface area contributed by atoms with E-state index in [2.05, 4.69) is 10.3 Å². The van der Waals surface area contributed by atoms with E-state index in [1.807, 2.05) is 35.2 Å². The lowest BCUT2D eigenvalue weighted by molar-refractivity contribution is -0.142. The second kappa shape index (κ2) is 9.71. The van der Waals surface area contributed by atoms with Gasteiger partial charge in [-0.05, 0) is 43.2 Å². The quantitative estimate of drug-likeness (QED) is 0.793. The second-order valence-corrected chi connectivity index (χ2v) is 7.68. The van der Waals surface area contributed by atoms with Gasteiger partial charge in [-0.2, -0.15) is 0 Å². The molecule has 2 aliphatic rings. The summed E-state index contributed by atoms with van der Waals surface area (Å²) >= 11 is 0. The van der Waals surface area contributed by atoms with Crippen LogP contribution < -0.4 is 10.1 Å². The molecule has 1 atom stereocenters. The molecule has 158 valence electrons. The smallest absolute Gasteiger partial charge is 0.251 e. The van der Waals surface area contributed by atoms with Crippen LogP contribution in [0.2, 0.25) is 0 Å². The number of likely N-dealkylation sites (tertiary alicyclic amines) is 1. The molecule has 1 aromatic carbocycles. The molecule has 3 heterocycles. The van der Waals surface area contributed by atoms with Gasteiger partial charge >= 0.3 is 0 Å². The lowest BCUT2D eigenvalue weighted by Gasteiger charge is -2.33. The van der Waals surface area contributed by atoms with Crippen molar-refractivity contribution < 1.29 is 19.1 Å². The van der Waals surface area contributed by atoms with Gasteiger partial charge in [0.15, 0.2) is 0 Å². The summed E-state index contributed by atoms with van der Waals surface area (Å²) < 4.78 is 11.6. The van der Waals surface area contributed by atoms with Crippen LogP contribution in [0.1, 0.15) is 41.7 Å². The van der Waals surface area contributed by atoms with E-state index in [9.17, 15) is 9.59 Å². The Morgan fingerprint density at radius 1 is 1.13 bits per heavy atom. The van der Waals surface area contributed by atoms with Crippen LogP contribution in [-0.4, -0.2) is 53.6 Å². The van der Waals surface area contributed by atoms with E-state index in [4.69, 9.17) is 9.47 Å². The highest BCUT2D eigenvalue weighted by Crippen LogP contribution is 2.22. The number of amides is 2. The normalized spacial score (nSPS) is 19.5. The van der Waals surface area contributed by atoms with E-state index in [0.29, 0.717) is 37.6 Å². The molecule has 0 radical (unpaired) electrons. The predicted molar refractivity (Wildman–Crippen MR) is 111 cm³/mol. The highest BCUT2D eigenvalue weighted by Gasteiger charge is 2.31. The summed E-state index contributed by atoms with van der Waals surface area (Å²) in [6, 6.07) is 12.8. The average molecular weight is 409 g/mol. The second-order valence-electron chi connectivity index (χ2n) is 7.68. The predicted octanol–water partition coefficient (Wildman–Crippen LogP) is 2.56. The first kappa shape index (κ1) is 20.3. The Morgan fingerprint density at radius 2 is 2.00 bits per heavy atom. The van der Waals surface area contributed by atoms with E-state index in [-0.39, 0.29) is 24.0 Å². The van der Waals surface area contributed by atoms with Gasteiger partial charge in [-0.1, -0.05) is 12.1 Å². The molecule has 2 fully saturated rings. The molecule has 7 nitrogen and oxygen atoms in total. The summed E-state index contributed by atoms with van der Waals surface area (Å²) in [7, 11) is 0. The number of benzene rings is 1. The summed E-state index contributed by atoms with van der Waals surface area (Å²) in [5.41, 5.74) is 1.36. The molecule has 2 aliphatic heterocycles. The topological polar surface area (TPSA) is 80.8 Å². The minimum Gasteiger partial charge on any atom is -0.490 e. The molecule has 2 aromatic rings. The Balaban J connectivity index is 1.27. The number of pyridine rings is 1. The SMILES string of the molecule is O=C(NCc1ccccn1)c1cccc(OC2CCN(C(=O)[C@@H]3CCCO3)CC2)c1. The van der Waals surface area contributed by atoms with Crippen LogP contribution in [0.4, 0.5) is 0 Å². The molecule has 2 saturated heterocycles. The van der Waals surface area contributed by atoms with Crippen molar-refractivity contribution in [2.75, 3.05) is 19.7 Å². The lowest BCUT2D eigenvalue weighted by Crippen LogP contribution is -2.45. The van der Waals surface area contributed by atoms with Crippen LogP contribution in [0.5, 0.6) is 5.75 Å². The van der Waals surface area contributed by atoms with Gasteiger partial charge < -0.3 is 19.7 Å². The molecule has 2 amide bonds. The Hall–Kier alpha value is -2.93. The van der Waals surface area contributed by atoms with Crippen molar-refractivity contribution in [2.24, 2.45) is 0 Å².